The highest BCUT2D eigenvalue weighted by Gasteiger charge is 2.26. The van der Waals surface area contributed by atoms with E-state index in [0.717, 1.165) is 43.2 Å². The number of fused-ring (bicyclic) bond motifs is 1. The molecular formula is C25H29N3O4S2. The SMILES string of the molecule is COC(=O)c1c(NC(=O)CSc2nnc(-c3ccc(C(C)(C)C)cc3)o2)sc2c1CCCCC2. The van der Waals surface area contributed by atoms with Crippen molar-refractivity contribution in [3.05, 3.63) is 45.8 Å². The van der Waals surface area contributed by atoms with Gasteiger partial charge in [-0.1, -0.05) is 51.1 Å². The smallest absolute Gasteiger partial charge is 0.341 e. The summed E-state index contributed by atoms with van der Waals surface area (Å²) in [4.78, 5) is 26.3. The number of aryl methyl sites for hydroxylation is 1. The minimum Gasteiger partial charge on any atom is -0.465 e. The lowest BCUT2D eigenvalue weighted by Gasteiger charge is -2.18. The third-order valence-electron chi connectivity index (χ3n) is 5.79. The van der Waals surface area contributed by atoms with Crippen molar-refractivity contribution in [2.75, 3.05) is 18.2 Å². The Hall–Kier alpha value is -2.65. The number of nitrogens with one attached hydrogen (secondary N) is 1. The highest BCUT2D eigenvalue weighted by atomic mass is 32.2. The van der Waals surface area contributed by atoms with E-state index in [2.05, 4.69) is 48.4 Å². The molecule has 1 N–H and O–H groups in total. The van der Waals surface area contributed by atoms with Crippen LogP contribution in [0.3, 0.4) is 0 Å². The van der Waals surface area contributed by atoms with Crippen molar-refractivity contribution >= 4 is 40.0 Å². The quantitative estimate of drug-likeness (QED) is 0.257. The Morgan fingerprint density at radius 3 is 2.56 bits per heavy atom. The van der Waals surface area contributed by atoms with Gasteiger partial charge < -0.3 is 14.5 Å². The van der Waals surface area contributed by atoms with E-state index in [4.69, 9.17) is 9.15 Å². The largest absolute Gasteiger partial charge is 0.465 e. The third-order valence-corrected chi connectivity index (χ3v) is 7.82. The monoisotopic (exact) mass is 499 g/mol. The number of esters is 1. The van der Waals surface area contributed by atoms with E-state index in [1.807, 2.05) is 12.1 Å². The summed E-state index contributed by atoms with van der Waals surface area (Å²) in [6.07, 6.45) is 5.04. The van der Waals surface area contributed by atoms with Gasteiger partial charge in [0.15, 0.2) is 0 Å². The van der Waals surface area contributed by atoms with Crippen LogP contribution in [0, 0.1) is 0 Å². The Kier molecular flexibility index (Phi) is 7.42. The number of carbonyl (C=O) groups is 2. The maximum Gasteiger partial charge on any atom is 0.341 e. The van der Waals surface area contributed by atoms with E-state index in [0.29, 0.717) is 21.7 Å². The maximum atomic E-state index is 12.7. The molecule has 3 aromatic rings. The van der Waals surface area contributed by atoms with Crippen molar-refractivity contribution < 1.29 is 18.7 Å². The molecule has 0 atom stereocenters. The first-order valence-electron chi connectivity index (χ1n) is 11.4. The Morgan fingerprint density at radius 2 is 1.85 bits per heavy atom. The van der Waals surface area contributed by atoms with Gasteiger partial charge in [-0.3, -0.25) is 4.79 Å². The summed E-state index contributed by atoms with van der Waals surface area (Å²) < 4.78 is 10.7. The van der Waals surface area contributed by atoms with Gasteiger partial charge >= 0.3 is 5.97 Å². The highest BCUT2D eigenvalue weighted by molar-refractivity contribution is 7.99. The van der Waals surface area contributed by atoms with E-state index >= 15 is 0 Å². The van der Waals surface area contributed by atoms with Gasteiger partial charge in [-0.15, -0.1) is 21.5 Å². The molecule has 7 nitrogen and oxygen atoms in total. The molecule has 0 aliphatic heterocycles. The second-order valence-corrected chi connectivity index (χ2v) is 11.3. The molecule has 4 rings (SSSR count). The number of methoxy groups -OCH3 is 1. The minimum absolute atomic E-state index is 0.0660. The lowest BCUT2D eigenvalue weighted by atomic mass is 9.87. The summed E-state index contributed by atoms with van der Waals surface area (Å²) >= 11 is 2.64. The standard InChI is InChI=1S/C25H29N3O4S2/c1-25(2,3)16-12-10-15(11-13-16)21-27-28-24(32-21)33-14-19(29)26-22-20(23(30)31-4)17-8-6-5-7-9-18(17)34-22/h10-13H,5-9,14H2,1-4H3,(H,26,29). The molecule has 0 radical (unpaired) electrons. The normalized spacial score (nSPS) is 13.8. The van der Waals surface area contributed by atoms with Crippen molar-refractivity contribution in [1.82, 2.24) is 10.2 Å². The van der Waals surface area contributed by atoms with Crippen molar-refractivity contribution in [3.63, 3.8) is 0 Å². The predicted octanol–water partition coefficient (Wildman–Crippen LogP) is 5.88. The number of carbonyl (C=O) groups excluding carboxylic acids is 2. The molecule has 0 saturated heterocycles. The van der Waals surface area contributed by atoms with Gasteiger partial charge in [-0.25, -0.2) is 4.79 Å². The number of thioether (sulfide) groups is 1. The van der Waals surface area contributed by atoms with Gasteiger partial charge in [-0.05, 0) is 54.4 Å². The fourth-order valence-electron chi connectivity index (χ4n) is 3.94. The summed E-state index contributed by atoms with van der Waals surface area (Å²) in [5.74, 6) is -0.131. The van der Waals surface area contributed by atoms with E-state index in [1.165, 1.54) is 40.6 Å². The predicted molar refractivity (Wildman–Crippen MR) is 135 cm³/mol. The first-order valence-corrected chi connectivity index (χ1v) is 13.2. The summed E-state index contributed by atoms with van der Waals surface area (Å²) in [5.41, 5.74) is 3.65. The lowest BCUT2D eigenvalue weighted by Crippen LogP contribution is -2.16. The van der Waals surface area contributed by atoms with Gasteiger partial charge in [0.05, 0.1) is 18.4 Å². The number of amides is 1. The molecule has 2 heterocycles. The molecule has 0 bridgehead atoms. The van der Waals surface area contributed by atoms with Gasteiger partial charge in [0.1, 0.15) is 5.00 Å². The fraction of sp³-hybridized carbons (Fsp3) is 0.440. The molecule has 0 saturated carbocycles. The molecule has 1 aromatic carbocycles. The number of ether oxygens (including phenoxy) is 1. The van der Waals surface area contributed by atoms with Gasteiger partial charge in [0, 0.05) is 10.4 Å². The number of benzene rings is 1. The zero-order valence-electron chi connectivity index (χ0n) is 19.9. The molecule has 0 spiro atoms. The zero-order chi connectivity index (χ0) is 24.3. The maximum absolute atomic E-state index is 12.7. The van der Waals surface area contributed by atoms with Gasteiger partial charge in [0.2, 0.25) is 11.8 Å². The Morgan fingerprint density at radius 1 is 1.12 bits per heavy atom. The Bertz CT molecular complexity index is 1180. The lowest BCUT2D eigenvalue weighted by molar-refractivity contribution is -0.113. The molecular weight excluding hydrogens is 470 g/mol. The summed E-state index contributed by atoms with van der Waals surface area (Å²) in [5, 5.41) is 12.0. The van der Waals surface area contributed by atoms with Crippen LogP contribution in [0.15, 0.2) is 33.9 Å². The molecule has 1 aliphatic rings. The number of anilines is 1. The van der Waals surface area contributed by atoms with Crippen LogP contribution in [0.25, 0.3) is 11.5 Å². The highest BCUT2D eigenvalue weighted by Crippen LogP contribution is 2.38. The van der Waals surface area contributed by atoms with Crippen LogP contribution in [0.4, 0.5) is 5.00 Å². The minimum atomic E-state index is -0.402. The number of hydrogen-bond donors (Lipinski definition) is 1. The number of rotatable bonds is 6. The zero-order valence-corrected chi connectivity index (χ0v) is 21.5. The van der Waals surface area contributed by atoms with Crippen LogP contribution < -0.4 is 5.32 Å². The second-order valence-electron chi connectivity index (χ2n) is 9.30. The van der Waals surface area contributed by atoms with Crippen LogP contribution in [0.1, 0.15) is 66.4 Å². The van der Waals surface area contributed by atoms with E-state index in [1.54, 1.807) is 0 Å². The summed E-state index contributed by atoms with van der Waals surface area (Å²) in [6.45, 7) is 6.49. The molecule has 1 aliphatic carbocycles. The van der Waals surface area contributed by atoms with Crippen LogP contribution >= 0.6 is 23.1 Å². The first kappa shape index (κ1) is 24.5. The second kappa shape index (κ2) is 10.3. The van der Waals surface area contributed by atoms with Crippen molar-refractivity contribution in [1.29, 1.82) is 0 Å². The molecule has 1 amide bonds. The summed E-state index contributed by atoms with van der Waals surface area (Å²) in [6, 6.07) is 8.04. The van der Waals surface area contributed by atoms with E-state index in [9.17, 15) is 9.59 Å². The average molecular weight is 500 g/mol. The molecule has 0 fully saturated rings. The van der Waals surface area contributed by atoms with Gasteiger partial charge in [-0.2, -0.15) is 0 Å². The third kappa shape index (κ3) is 5.52. The van der Waals surface area contributed by atoms with E-state index in [-0.39, 0.29) is 17.1 Å². The van der Waals surface area contributed by atoms with Crippen molar-refractivity contribution in [2.45, 2.75) is 63.5 Å². The Balaban J connectivity index is 1.41. The number of aromatic nitrogens is 2. The number of thiophene rings is 1. The number of hydrogen-bond acceptors (Lipinski definition) is 8. The average Bonchev–Trinajstić information content (AvgIpc) is 3.35. The van der Waals surface area contributed by atoms with Crippen LogP contribution in [-0.2, 0) is 27.8 Å². The Labute approximate surface area is 207 Å². The van der Waals surface area contributed by atoms with Crippen molar-refractivity contribution in [2.24, 2.45) is 0 Å². The fourth-order valence-corrected chi connectivity index (χ4v) is 5.79. The van der Waals surface area contributed by atoms with E-state index < -0.39 is 5.97 Å². The molecule has 9 heteroatoms. The molecule has 180 valence electrons. The van der Waals surface area contributed by atoms with Crippen LogP contribution in [-0.4, -0.2) is 34.9 Å². The topological polar surface area (TPSA) is 94.3 Å². The molecule has 2 aromatic heterocycles. The first-order chi connectivity index (χ1) is 16.3. The molecule has 34 heavy (non-hydrogen) atoms. The molecule has 0 unspecified atom stereocenters. The van der Waals surface area contributed by atoms with Gasteiger partial charge in [0.25, 0.3) is 5.22 Å². The number of nitrogens with zero attached hydrogens (tertiary/aromatic N) is 2. The van der Waals surface area contributed by atoms with Crippen LogP contribution in [0.2, 0.25) is 0 Å². The van der Waals surface area contributed by atoms with Crippen LogP contribution in [0.5, 0.6) is 0 Å². The summed E-state index contributed by atoms with van der Waals surface area (Å²) in [7, 11) is 1.37. The van der Waals surface area contributed by atoms with Crippen molar-refractivity contribution in [3.8, 4) is 11.5 Å².